The van der Waals surface area contributed by atoms with Crippen LogP contribution >= 0.6 is 0 Å². The molecule has 0 amide bonds. The fourth-order valence-corrected chi connectivity index (χ4v) is 2.51. The smallest absolute Gasteiger partial charge is 0.0631 e. The lowest BCUT2D eigenvalue weighted by molar-refractivity contribution is 0.0810. The van der Waals surface area contributed by atoms with Gasteiger partial charge < -0.3 is 9.67 Å². The van der Waals surface area contributed by atoms with Gasteiger partial charge in [0.25, 0.3) is 0 Å². The first-order valence-corrected chi connectivity index (χ1v) is 6.60. The first-order valence-electron chi connectivity index (χ1n) is 6.60. The molecule has 18 heavy (non-hydrogen) atoms. The van der Waals surface area contributed by atoms with E-state index >= 15 is 0 Å². The summed E-state index contributed by atoms with van der Waals surface area (Å²) in [5.41, 5.74) is 3.12. The maximum Gasteiger partial charge on any atom is 0.0631 e. The van der Waals surface area contributed by atoms with Gasteiger partial charge in [-0.3, -0.25) is 0 Å². The molecule has 2 nitrogen and oxygen atoms in total. The predicted octanol–water partition coefficient (Wildman–Crippen LogP) is 3.84. The number of fused-ring (bicyclic) bond motifs is 1. The third-order valence-corrected chi connectivity index (χ3v) is 3.29. The number of aliphatic hydroxyl groups is 1. The van der Waals surface area contributed by atoms with E-state index in [0.29, 0.717) is 12.5 Å². The van der Waals surface area contributed by atoms with Gasteiger partial charge in [-0.2, -0.15) is 0 Å². The topological polar surface area (TPSA) is 25.2 Å². The highest BCUT2D eigenvalue weighted by Crippen LogP contribution is 2.26. The summed E-state index contributed by atoms with van der Waals surface area (Å²) in [5, 5.41) is 11.2. The minimum atomic E-state index is -0.655. The van der Waals surface area contributed by atoms with Gasteiger partial charge in [-0.05, 0) is 51.8 Å². The Balaban J connectivity index is 2.52. The Labute approximate surface area is 109 Å². The van der Waals surface area contributed by atoms with Crippen LogP contribution in [0.4, 0.5) is 0 Å². The lowest BCUT2D eigenvalue weighted by Gasteiger charge is -2.17. The first-order chi connectivity index (χ1) is 8.28. The van der Waals surface area contributed by atoms with E-state index in [1.54, 1.807) is 0 Å². The second-order valence-electron chi connectivity index (χ2n) is 6.15. The summed E-state index contributed by atoms with van der Waals surface area (Å²) in [6, 6.07) is 6.96. The maximum absolute atomic E-state index is 9.92. The molecule has 0 saturated heterocycles. The molecule has 0 aliphatic heterocycles. The Morgan fingerprint density at radius 1 is 1.28 bits per heavy atom. The molecule has 0 saturated carbocycles. The summed E-state index contributed by atoms with van der Waals surface area (Å²) in [6.45, 7) is 10.2. The Bertz CT molecular complexity index is 558. The van der Waals surface area contributed by atoms with E-state index in [1.807, 2.05) is 13.8 Å². The summed E-state index contributed by atoms with van der Waals surface area (Å²) in [6.07, 6.45) is 2.90. The molecule has 2 rings (SSSR count). The average Bonchev–Trinajstić information content (AvgIpc) is 2.53. The maximum atomic E-state index is 9.92. The molecule has 0 spiro atoms. The largest absolute Gasteiger partial charge is 0.390 e. The molecule has 1 aromatic carbocycles. The molecule has 0 radical (unpaired) electrons. The van der Waals surface area contributed by atoms with Crippen molar-refractivity contribution in [3.8, 4) is 0 Å². The van der Waals surface area contributed by atoms with E-state index in [-0.39, 0.29) is 0 Å². The summed E-state index contributed by atoms with van der Waals surface area (Å²) >= 11 is 0. The molecule has 98 valence electrons. The van der Waals surface area contributed by atoms with Crippen LogP contribution in [0.15, 0.2) is 24.4 Å². The molecule has 0 aliphatic rings. The number of aryl methyl sites for hydroxylation is 1. The number of benzene rings is 1. The van der Waals surface area contributed by atoms with Crippen molar-refractivity contribution in [2.24, 2.45) is 0 Å². The zero-order chi connectivity index (χ0) is 13.5. The van der Waals surface area contributed by atoms with Crippen LogP contribution in [0.5, 0.6) is 0 Å². The van der Waals surface area contributed by atoms with Crippen molar-refractivity contribution < 1.29 is 5.11 Å². The average molecular weight is 245 g/mol. The van der Waals surface area contributed by atoms with Gasteiger partial charge in [-0.1, -0.05) is 12.1 Å². The monoisotopic (exact) mass is 245 g/mol. The molecule has 0 atom stereocenters. The van der Waals surface area contributed by atoms with E-state index in [0.717, 1.165) is 0 Å². The van der Waals surface area contributed by atoms with E-state index in [2.05, 4.69) is 49.7 Å². The van der Waals surface area contributed by atoms with Crippen LogP contribution in [0.25, 0.3) is 10.9 Å². The van der Waals surface area contributed by atoms with E-state index in [9.17, 15) is 5.11 Å². The van der Waals surface area contributed by atoms with E-state index in [4.69, 9.17) is 0 Å². The van der Waals surface area contributed by atoms with Crippen molar-refractivity contribution in [2.45, 2.75) is 52.7 Å². The second-order valence-corrected chi connectivity index (χ2v) is 6.15. The van der Waals surface area contributed by atoms with Gasteiger partial charge in [0.15, 0.2) is 0 Å². The van der Waals surface area contributed by atoms with Crippen molar-refractivity contribution in [1.82, 2.24) is 4.57 Å². The van der Waals surface area contributed by atoms with Crippen LogP contribution in [0, 0.1) is 6.92 Å². The van der Waals surface area contributed by atoms with Crippen LogP contribution in [-0.2, 0) is 6.42 Å². The molecule has 1 heterocycles. The zero-order valence-electron chi connectivity index (χ0n) is 12.0. The van der Waals surface area contributed by atoms with Crippen LogP contribution in [0.3, 0.4) is 0 Å². The van der Waals surface area contributed by atoms with Crippen LogP contribution < -0.4 is 0 Å². The van der Waals surface area contributed by atoms with Crippen molar-refractivity contribution >= 4 is 10.9 Å². The Hall–Kier alpha value is -1.28. The van der Waals surface area contributed by atoms with Crippen LogP contribution in [-0.4, -0.2) is 15.3 Å². The second kappa shape index (κ2) is 4.43. The number of rotatable bonds is 3. The Morgan fingerprint density at radius 3 is 2.50 bits per heavy atom. The molecular formula is C16H23NO. The quantitative estimate of drug-likeness (QED) is 0.873. The fourth-order valence-electron chi connectivity index (χ4n) is 2.51. The summed E-state index contributed by atoms with van der Waals surface area (Å²) < 4.78 is 2.30. The summed E-state index contributed by atoms with van der Waals surface area (Å²) in [5.74, 6) is 0. The van der Waals surface area contributed by atoms with Gasteiger partial charge in [0.1, 0.15) is 0 Å². The minimum absolute atomic E-state index is 0.457. The van der Waals surface area contributed by atoms with Crippen molar-refractivity contribution in [3.63, 3.8) is 0 Å². The van der Waals surface area contributed by atoms with Crippen molar-refractivity contribution in [1.29, 1.82) is 0 Å². The molecule has 0 unspecified atom stereocenters. The third-order valence-electron chi connectivity index (χ3n) is 3.29. The highest BCUT2D eigenvalue weighted by atomic mass is 16.3. The molecule has 1 N–H and O–H groups in total. The summed E-state index contributed by atoms with van der Waals surface area (Å²) in [7, 11) is 0. The van der Waals surface area contributed by atoms with E-state index in [1.165, 1.54) is 22.0 Å². The molecular weight excluding hydrogens is 222 g/mol. The number of hydrogen-bond donors (Lipinski definition) is 1. The zero-order valence-corrected chi connectivity index (χ0v) is 12.0. The first kappa shape index (κ1) is 13.2. The van der Waals surface area contributed by atoms with Gasteiger partial charge in [-0.25, -0.2) is 0 Å². The minimum Gasteiger partial charge on any atom is -0.390 e. The highest BCUT2D eigenvalue weighted by molar-refractivity contribution is 5.84. The van der Waals surface area contributed by atoms with Crippen LogP contribution in [0.2, 0.25) is 0 Å². The Morgan fingerprint density at radius 2 is 1.94 bits per heavy atom. The fraction of sp³-hybridized carbons (Fsp3) is 0.500. The predicted molar refractivity (Wildman–Crippen MR) is 77.1 cm³/mol. The van der Waals surface area contributed by atoms with Crippen molar-refractivity contribution in [2.75, 3.05) is 0 Å². The SMILES string of the molecule is Cc1cn(C(C)C)c2cc(CC(C)(C)O)ccc12. The number of hydrogen-bond acceptors (Lipinski definition) is 1. The number of nitrogens with zero attached hydrogens (tertiary/aromatic N) is 1. The molecule has 2 aromatic rings. The number of aromatic nitrogens is 1. The van der Waals surface area contributed by atoms with Gasteiger partial charge in [0.2, 0.25) is 0 Å². The van der Waals surface area contributed by atoms with Crippen molar-refractivity contribution in [3.05, 3.63) is 35.5 Å². The lowest BCUT2D eigenvalue weighted by Crippen LogP contribution is -2.21. The normalized spacial score (nSPS) is 12.6. The van der Waals surface area contributed by atoms with Gasteiger partial charge >= 0.3 is 0 Å². The highest BCUT2D eigenvalue weighted by Gasteiger charge is 2.15. The van der Waals surface area contributed by atoms with Gasteiger partial charge in [0.05, 0.1) is 5.60 Å². The standard InChI is InChI=1S/C16H23NO/c1-11(2)17-10-12(3)14-7-6-13(8-15(14)17)9-16(4,5)18/h6-8,10-11,18H,9H2,1-5H3. The van der Waals surface area contributed by atoms with E-state index < -0.39 is 5.60 Å². The molecule has 0 aliphatic carbocycles. The van der Waals surface area contributed by atoms with Crippen LogP contribution in [0.1, 0.15) is 44.9 Å². The molecule has 1 aromatic heterocycles. The molecule has 2 heteroatoms. The summed E-state index contributed by atoms with van der Waals surface area (Å²) in [4.78, 5) is 0. The Kier molecular flexibility index (Phi) is 3.24. The van der Waals surface area contributed by atoms with Gasteiger partial charge in [-0.15, -0.1) is 0 Å². The molecule has 0 bridgehead atoms. The third kappa shape index (κ3) is 2.59. The lowest BCUT2D eigenvalue weighted by atomic mass is 9.98. The van der Waals surface area contributed by atoms with Gasteiger partial charge in [0, 0.05) is 29.6 Å². The molecule has 0 fully saturated rings.